The first-order chi connectivity index (χ1) is 11.7. The van der Waals surface area contributed by atoms with E-state index in [9.17, 15) is 0 Å². The van der Waals surface area contributed by atoms with E-state index in [2.05, 4.69) is 40.2 Å². The van der Waals surface area contributed by atoms with Crippen LogP contribution in [0.4, 0.5) is 0 Å². The number of imidazole rings is 1. The van der Waals surface area contributed by atoms with Crippen molar-refractivity contribution in [1.82, 2.24) is 9.55 Å². The highest BCUT2D eigenvalue weighted by atomic mass is 35.5. The van der Waals surface area contributed by atoms with E-state index in [4.69, 9.17) is 16.6 Å². The van der Waals surface area contributed by atoms with Crippen LogP contribution in [-0.2, 0) is 6.54 Å². The minimum Gasteiger partial charge on any atom is -0.301 e. The lowest BCUT2D eigenvalue weighted by Gasteiger charge is -2.14. The Hall–Kier alpha value is -2.04. The quantitative estimate of drug-likeness (QED) is 0.613. The fraction of sp³-hybridized carbons (Fsp3) is 0.158. The number of aliphatic imine (C=N–C) groups is 1. The molecular weight excluding hydrogens is 338 g/mol. The van der Waals surface area contributed by atoms with Gasteiger partial charge in [0.05, 0.1) is 23.6 Å². The molecule has 0 fully saturated rings. The van der Waals surface area contributed by atoms with Crippen LogP contribution in [0.5, 0.6) is 0 Å². The predicted molar refractivity (Wildman–Crippen MR) is 101 cm³/mol. The lowest BCUT2D eigenvalue weighted by atomic mass is 10.0. The molecule has 0 N–H and O–H groups in total. The Bertz CT molecular complexity index is 959. The van der Waals surface area contributed by atoms with E-state index < -0.39 is 0 Å². The highest BCUT2D eigenvalue weighted by molar-refractivity contribution is 7.98. The SMILES string of the molecule is CSc1ccc2c(c1)C(c1ccccc1Cl)=NCc1nc(C)cn1-2. The minimum atomic E-state index is 0.539. The number of hydrogen-bond acceptors (Lipinski definition) is 3. The van der Waals surface area contributed by atoms with Gasteiger partial charge in [0.15, 0.2) is 0 Å². The number of hydrogen-bond donors (Lipinski definition) is 0. The fourth-order valence-corrected chi connectivity index (χ4v) is 3.69. The summed E-state index contributed by atoms with van der Waals surface area (Å²) in [7, 11) is 0. The molecule has 1 aromatic heterocycles. The molecule has 0 atom stereocenters. The fourth-order valence-electron chi connectivity index (χ4n) is 3.03. The van der Waals surface area contributed by atoms with Crippen LogP contribution < -0.4 is 0 Å². The molecule has 0 aliphatic carbocycles. The summed E-state index contributed by atoms with van der Waals surface area (Å²) in [6.07, 6.45) is 4.15. The average Bonchev–Trinajstić information content (AvgIpc) is 2.90. The lowest BCUT2D eigenvalue weighted by Crippen LogP contribution is -2.07. The molecule has 120 valence electrons. The molecule has 0 bridgehead atoms. The summed E-state index contributed by atoms with van der Waals surface area (Å²) in [4.78, 5) is 10.7. The molecule has 1 aliphatic heterocycles. The van der Waals surface area contributed by atoms with Gasteiger partial charge in [-0.15, -0.1) is 11.8 Å². The van der Waals surface area contributed by atoms with Crippen molar-refractivity contribution in [2.45, 2.75) is 18.4 Å². The van der Waals surface area contributed by atoms with Gasteiger partial charge in [-0.1, -0.05) is 29.8 Å². The molecule has 4 rings (SSSR count). The molecular formula is C19H16ClN3S. The second-order valence-electron chi connectivity index (χ2n) is 5.70. The molecule has 3 aromatic rings. The highest BCUT2D eigenvalue weighted by Crippen LogP contribution is 2.30. The van der Waals surface area contributed by atoms with E-state index in [-0.39, 0.29) is 0 Å². The van der Waals surface area contributed by atoms with Gasteiger partial charge < -0.3 is 4.57 Å². The second-order valence-corrected chi connectivity index (χ2v) is 6.98. The first-order valence-corrected chi connectivity index (χ1v) is 9.30. The third kappa shape index (κ3) is 2.56. The van der Waals surface area contributed by atoms with E-state index in [0.29, 0.717) is 11.6 Å². The van der Waals surface area contributed by atoms with E-state index in [1.807, 2.05) is 31.2 Å². The summed E-state index contributed by atoms with van der Waals surface area (Å²) in [6, 6.07) is 14.3. The maximum atomic E-state index is 6.45. The van der Waals surface area contributed by atoms with Crippen molar-refractivity contribution in [1.29, 1.82) is 0 Å². The number of fused-ring (bicyclic) bond motifs is 3. The van der Waals surface area contributed by atoms with Crippen LogP contribution in [0.25, 0.3) is 5.69 Å². The van der Waals surface area contributed by atoms with Gasteiger partial charge >= 0.3 is 0 Å². The maximum absolute atomic E-state index is 6.45. The van der Waals surface area contributed by atoms with Gasteiger partial charge in [0.2, 0.25) is 0 Å². The minimum absolute atomic E-state index is 0.539. The molecule has 0 spiro atoms. The molecule has 1 aliphatic rings. The Balaban J connectivity index is 2.00. The van der Waals surface area contributed by atoms with Crippen LogP contribution in [0, 0.1) is 6.92 Å². The Kier molecular flexibility index (Phi) is 3.94. The van der Waals surface area contributed by atoms with Gasteiger partial charge in [-0.3, -0.25) is 4.99 Å². The van der Waals surface area contributed by atoms with Crippen LogP contribution in [0.2, 0.25) is 5.02 Å². The molecule has 0 amide bonds. The van der Waals surface area contributed by atoms with Gasteiger partial charge in [-0.05, 0) is 37.4 Å². The largest absolute Gasteiger partial charge is 0.301 e. The molecule has 0 saturated carbocycles. The predicted octanol–water partition coefficient (Wildman–Crippen LogP) is 4.91. The van der Waals surface area contributed by atoms with Crippen LogP contribution in [0.1, 0.15) is 22.6 Å². The van der Waals surface area contributed by atoms with Crippen LogP contribution >= 0.6 is 23.4 Å². The zero-order chi connectivity index (χ0) is 16.7. The van der Waals surface area contributed by atoms with E-state index in [0.717, 1.165) is 34.0 Å². The van der Waals surface area contributed by atoms with Gasteiger partial charge in [0.25, 0.3) is 0 Å². The number of benzene rings is 2. The molecule has 3 nitrogen and oxygen atoms in total. The van der Waals surface area contributed by atoms with Crippen LogP contribution in [-0.4, -0.2) is 21.5 Å². The number of aryl methyl sites for hydroxylation is 1. The Morgan fingerprint density at radius 2 is 1.96 bits per heavy atom. The van der Waals surface area contributed by atoms with Crippen molar-refractivity contribution in [3.63, 3.8) is 0 Å². The maximum Gasteiger partial charge on any atom is 0.135 e. The lowest BCUT2D eigenvalue weighted by molar-refractivity contribution is 0.878. The Morgan fingerprint density at radius 3 is 2.75 bits per heavy atom. The zero-order valence-corrected chi connectivity index (χ0v) is 15.0. The van der Waals surface area contributed by atoms with E-state index >= 15 is 0 Å². The van der Waals surface area contributed by atoms with Crippen LogP contribution in [0.3, 0.4) is 0 Å². The molecule has 0 unspecified atom stereocenters. The number of rotatable bonds is 2. The topological polar surface area (TPSA) is 30.2 Å². The van der Waals surface area contributed by atoms with Crippen LogP contribution in [0.15, 0.2) is 58.5 Å². The third-order valence-electron chi connectivity index (χ3n) is 4.13. The summed E-state index contributed by atoms with van der Waals surface area (Å²) < 4.78 is 2.14. The van der Waals surface area contributed by atoms with Crippen molar-refractivity contribution >= 4 is 29.1 Å². The van der Waals surface area contributed by atoms with Gasteiger partial charge in [-0.25, -0.2) is 4.98 Å². The summed E-state index contributed by atoms with van der Waals surface area (Å²) >= 11 is 8.18. The molecule has 2 heterocycles. The number of nitrogens with zero attached hydrogens (tertiary/aromatic N) is 3. The highest BCUT2D eigenvalue weighted by Gasteiger charge is 2.21. The van der Waals surface area contributed by atoms with Crippen molar-refractivity contribution in [3.05, 3.63) is 76.3 Å². The van der Waals surface area contributed by atoms with E-state index in [1.165, 1.54) is 4.90 Å². The van der Waals surface area contributed by atoms with Gasteiger partial charge in [-0.2, -0.15) is 0 Å². The Morgan fingerprint density at radius 1 is 1.12 bits per heavy atom. The summed E-state index contributed by atoms with van der Waals surface area (Å²) in [5, 5.41) is 0.715. The summed E-state index contributed by atoms with van der Waals surface area (Å²) in [5.74, 6) is 0.952. The zero-order valence-electron chi connectivity index (χ0n) is 13.5. The van der Waals surface area contributed by atoms with Gasteiger partial charge in [0, 0.05) is 27.2 Å². The average molecular weight is 354 g/mol. The van der Waals surface area contributed by atoms with Crippen molar-refractivity contribution < 1.29 is 0 Å². The molecule has 0 radical (unpaired) electrons. The number of thioether (sulfide) groups is 1. The Labute approximate surface area is 150 Å². The summed E-state index contributed by atoms with van der Waals surface area (Å²) in [6.45, 7) is 2.55. The number of aromatic nitrogens is 2. The molecule has 2 aromatic carbocycles. The first kappa shape index (κ1) is 15.5. The molecule has 5 heteroatoms. The first-order valence-electron chi connectivity index (χ1n) is 7.70. The smallest absolute Gasteiger partial charge is 0.135 e. The number of halogens is 1. The van der Waals surface area contributed by atoms with Gasteiger partial charge in [0.1, 0.15) is 5.82 Å². The van der Waals surface area contributed by atoms with E-state index in [1.54, 1.807) is 11.8 Å². The van der Waals surface area contributed by atoms with Crippen molar-refractivity contribution in [3.8, 4) is 5.69 Å². The second kappa shape index (κ2) is 6.11. The normalized spacial score (nSPS) is 13.0. The van der Waals surface area contributed by atoms with Crippen molar-refractivity contribution in [2.24, 2.45) is 4.99 Å². The summed E-state index contributed by atoms with van der Waals surface area (Å²) in [5.41, 5.74) is 5.07. The monoisotopic (exact) mass is 353 g/mol. The third-order valence-corrected chi connectivity index (χ3v) is 5.18. The molecule has 24 heavy (non-hydrogen) atoms. The van der Waals surface area contributed by atoms with Crippen molar-refractivity contribution in [2.75, 3.05) is 6.26 Å². The molecule has 0 saturated heterocycles. The standard InChI is InChI=1S/C19H16ClN3S/c1-12-11-23-17-8-7-13(24-2)9-15(17)19(21-10-18(23)22-12)14-5-3-4-6-16(14)20/h3-9,11H,10H2,1-2H3.